The van der Waals surface area contributed by atoms with Gasteiger partial charge in [-0.05, 0) is 38.3 Å². The molecule has 0 unspecified atom stereocenters. The van der Waals surface area contributed by atoms with Crippen molar-refractivity contribution >= 4 is 5.91 Å². The number of carbonyl (C=O) groups is 1. The molecule has 1 aromatic heterocycles. The third kappa shape index (κ3) is 3.81. The topological polar surface area (TPSA) is 76.4 Å². The van der Waals surface area contributed by atoms with E-state index < -0.39 is 0 Å². The molecular weight excluding hydrogens is 330 g/mol. The molecule has 2 atom stereocenters. The monoisotopic (exact) mass is 357 g/mol. The zero-order chi connectivity index (χ0) is 18.7. The Morgan fingerprint density at radius 2 is 2.00 bits per heavy atom. The number of rotatable bonds is 6. The van der Waals surface area contributed by atoms with E-state index in [-0.39, 0.29) is 24.7 Å². The first-order valence-corrected chi connectivity index (χ1v) is 9.25. The third-order valence-corrected chi connectivity index (χ3v) is 4.83. The summed E-state index contributed by atoms with van der Waals surface area (Å²) in [4.78, 5) is 12.7. The van der Waals surface area contributed by atoms with E-state index in [0.29, 0.717) is 18.7 Å². The maximum absolute atomic E-state index is 12.7. The minimum atomic E-state index is -0.123. The Bertz CT molecular complexity index is 767. The second-order valence-electron chi connectivity index (χ2n) is 6.80. The highest BCUT2D eigenvalue weighted by molar-refractivity contribution is 5.94. The first-order valence-electron chi connectivity index (χ1n) is 9.25. The van der Waals surface area contributed by atoms with Crippen LogP contribution in [-0.2, 0) is 30.7 Å². The van der Waals surface area contributed by atoms with Crippen molar-refractivity contribution in [3.05, 3.63) is 52.3 Å². The van der Waals surface area contributed by atoms with Crippen LogP contribution in [0.4, 0.5) is 0 Å². The lowest BCUT2D eigenvalue weighted by Gasteiger charge is -2.26. The molecule has 26 heavy (non-hydrogen) atoms. The molecule has 0 aliphatic carbocycles. The number of aliphatic hydroxyl groups excluding tert-OH is 1. The number of aryl methyl sites for hydroxylation is 1. The number of carbonyl (C=O) groups excluding carboxylic acids is 1. The van der Waals surface area contributed by atoms with Crippen molar-refractivity contribution in [1.29, 1.82) is 0 Å². The zero-order valence-electron chi connectivity index (χ0n) is 15.7. The van der Waals surface area contributed by atoms with E-state index >= 15 is 0 Å². The van der Waals surface area contributed by atoms with Crippen LogP contribution >= 0.6 is 0 Å². The molecule has 0 saturated heterocycles. The van der Waals surface area contributed by atoms with Crippen LogP contribution in [0.5, 0.6) is 0 Å². The Balaban J connectivity index is 1.68. The number of nitrogens with one attached hydrogen (secondary N) is 1. The van der Waals surface area contributed by atoms with Gasteiger partial charge in [0.25, 0.3) is 5.91 Å². The van der Waals surface area contributed by atoms with Crippen molar-refractivity contribution in [2.24, 2.45) is 0 Å². The Labute approximate surface area is 154 Å². The second-order valence-corrected chi connectivity index (χ2v) is 6.80. The SMILES string of the molecule is CCn1nc(C(=O)NCCc2ccc(CO)cc2)c2c1[C@H](C)O[C@H](C)C2. The molecule has 1 aliphatic rings. The largest absolute Gasteiger partial charge is 0.392 e. The van der Waals surface area contributed by atoms with Crippen molar-refractivity contribution in [2.45, 2.75) is 59.0 Å². The standard InChI is InChI=1S/C20H27N3O3/c1-4-23-19-14(3)26-13(2)11-17(19)18(22-23)20(25)21-10-9-15-5-7-16(12-24)8-6-15/h5-8,13-14,24H,4,9-12H2,1-3H3,(H,21,25)/t13-,14+/m1/s1. The molecule has 0 spiro atoms. The summed E-state index contributed by atoms with van der Waals surface area (Å²) in [6.45, 7) is 7.38. The number of amides is 1. The van der Waals surface area contributed by atoms with Gasteiger partial charge in [-0.1, -0.05) is 24.3 Å². The van der Waals surface area contributed by atoms with Crippen molar-refractivity contribution in [3.63, 3.8) is 0 Å². The van der Waals surface area contributed by atoms with Gasteiger partial charge >= 0.3 is 0 Å². The summed E-state index contributed by atoms with van der Waals surface area (Å²) in [5.41, 5.74) is 4.58. The number of aromatic nitrogens is 2. The molecule has 0 saturated carbocycles. The van der Waals surface area contributed by atoms with Gasteiger partial charge in [-0.3, -0.25) is 9.48 Å². The number of benzene rings is 1. The molecule has 1 aliphatic heterocycles. The number of fused-ring (bicyclic) bond motifs is 1. The van der Waals surface area contributed by atoms with Gasteiger partial charge in [0, 0.05) is 25.1 Å². The Hall–Kier alpha value is -2.18. The fraction of sp³-hybridized carbons (Fsp3) is 0.500. The van der Waals surface area contributed by atoms with Crippen LogP contribution < -0.4 is 5.32 Å². The van der Waals surface area contributed by atoms with Gasteiger partial charge in [0.15, 0.2) is 5.69 Å². The smallest absolute Gasteiger partial charge is 0.272 e. The van der Waals surface area contributed by atoms with Crippen molar-refractivity contribution in [1.82, 2.24) is 15.1 Å². The number of nitrogens with zero attached hydrogens (tertiary/aromatic N) is 2. The van der Waals surface area contributed by atoms with Crippen molar-refractivity contribution in [2.75, 3.05) is 6.54 Å². The first-order chi connectivity index (χ1) is 12.5. The third-order valence-electron chi connectivity index (χ3n) is 4.83. The van der Waals surface area contributed by atoms with Gasteiger partial charge in [-0.15, -0.1) is 0 Å². The van der Waals surface area contributed by atoms with Crippen molar-refractivity contribution < 1.29 is 14.6 Å². The van der Waals surface area contributed by atoms with Gasteiger partial charge in [-0.25, -0.2) is 0 Å². The molecule has 3 rings (SSSR count). The van der Waals surface area contributed by atoms with Gasteiger partial charge in [0.2, 0.25) is 0 Å². The number of aliphatic hydroxyl groups is 1. The highest BCUT2D eigenvalue weighted by Gasteiger charge is 2.31. The lowest BCUT2D eigenvalue weighted by molar-refractivity contribution is -0.00948. The zero-order valence-corrected chi connectivity index (χ0v) is 15.7. The van der Waals surface area contributed by atoms with Gasteiger partial charge in [-0.2, -0.15) is 5.10 Å². The predicted octanol–water partition coefficient (Wildman–Crippen LogP) is 2.39. The molecule has 6 heteroatoms. The average Bonchev–Trinajstić information content (AvgIpc) is 3.01. The molecule has 0 fully saturated rings. The molecule has 2 N–H and O–H groups in total. The quantitative estimate of drug-likeness (QED) is 0.832. The van der Waals surface area contributed by atoms with Crippen LogP contribution in [0.25, 0.3) is 0 Å². The molecule has 1 amide bonds. The minimum Gasteiger partial charge on any atom is -0.392 e. The lowest BCUT2D eigenvalue weighted by atomic mass is 9.99. The summed E-state index contributed by atoms with van der Waals surface area (Å²) in [5, 5.41) is 16.6. The van der Waals surface area contributed by atoms with Crippen LogP contribution in [-0.4, -0.2) is 33.4 Å². The van der Waals surface area contributed by atoms with Gasteiger partial charge in [0.05, 0.1) is 24.5 Å². The fourth-order valence-electron chi connectivity index (χ4n) is 3.56. The van der Waals surface area contributed by atoms with Gasteiger partial charge < -0.3 is 15.2 Å². The summed E-state index contributed by atoms with van der Waals surface area (Å²) < 4.78 is 7.78. The Morgan fingerprint density at radius 1 is 1.31 bits per heavy atom. The summed E-state index contributed by atoms with van der Waals surface area (Å²) in [5.74, 6) is -0.123. The first kappa shape index (κ1) is 18.6. The van der Waals surface area contributed by atoms with Crippen LogP contribution in [0.1, 0.15) is 59.7 Å². The van der Waals surface area contributed by atoms with Crippen LogP contribution in [0.2, 0.25) is 0 Å². The van der Waals surface area contributed by atoms with E-state index in [1.807, 2.05) is 49.7 Å². The van der Waals surface area contributed by atoms with E-state index in [9.17, 15) is 4.79 Å². The summed E-state index contributed by atoms with van der Waals surface area (Å²) in [7, 11) is 0. The Kier molecular flexibility index (Phi) is 5.74. The average molecular weight is 357 g/mol. The molecule has 1 aromatic carbocycles. The summed E-state index contributed by atoms with van der Waals surface area (Å²) >= 11 is 0. The minimum absolute atomic E-state index is 0.0444. The molecule has 6 nitrogen and oxygen atoms in total. The number of ether oxygens (including phenoxy) is 1. The van der Waals surface area contributed by atoms with E-state index in [0.717, 1.165) is 35.3 Å². The maximum atomic E-state index is 12.7. The van der Waals surface area contributed by atoms with E-state index in [1.165, 1.54) is 0 Å². The molecule has 2 aromatic rings. The Morgan fingerprint density at radius 3 is 2.65 bits per heavy atom. The summed E-state index contributed by atoms with van der Waals surface area (Å²) in [6.07, 6.45) is 1.49. The lowest BCUT2D eigenvalue weighted by Crippen LogP contribution is -2.29. The molecule has 2 heterocycles. The second kappa shape index (κ2) is 8.01. The van der Waals surface area contributed by atoms with Crippen LogP contribution in [0.15, 0.2) is 24.3 Å². The van der Waals surface area contributed by atoms with E-state index in [4.69, 9.17) is 9.84 Å². The van der Waals surface area contributed by atoms with Crippen molar-refractivity contribution in [3.8, 4) is 0 Å². The molecule has 140 valence electrons. The molecule has 0 bridgehead atoms. The van der Waals surface area contributed by atoms with Gasteiger partial charge in [0.1, 0.15) is 0 Å². The highest BCUT2D eigenvalue weighted by Crippen LogP contribution is 2.32. The molecule has 0 radical (unpaired) electrons. The van der Waals surface area contributed by atoms with Crippen LogP contribution in [0, 0.1) is 0 Å². The van der Waals surface area contributed by atoms with E-state index in [2.05, 4.69) is 10.4 Å². The number of hydrogen-bond acceptors (Lipinski definition) is 4. The molecular formula is C20H27N3O3. The maximum Gasteiger partial charge on any atom is 0.272 e. The van der Waals surface area contributed by atoms with Crippen LogP contribution in [0.3, 0.4) is 0 Å². The predicted molar refractivity (Wildman–Crippen MR) is 99.0 cm³/mol. The van der Waals surface area contributed by atoms with E-state index in [1.54, 1.807) is 0 Å². The summed E-state index contributed by atoms with van der Waals surface area (Å²) in [6, 6.07) is 7.76. The normalized spacial score (nSPS) is 19.2. The fourth-order valence-corrected chi connectivity index (χ4v) is 3.56. The number of hydrogen-bond donors (Lipinski definition) is 2. The highest BCUT2D eigenvalue weighted by atomic mass is 16.5.